The Morgan fingerprint density at radius 2 is 1.77 bits per heavy atom. The minimum Gasteiger partial charge on any atom is -0.475 e. The molecule has 0 aliphatic carbocycles. The summed E-state index contributed by atoms with van der Waals surface area (Å²) in [5.41, 5.74) is 3.14. The van der Waals surface area contributed by atoms with Gasteiger partial charge in [0, 0.05) is 16.7 Å². The minimum atomic E-state index is -0.176. The minimum absolute atomic E-state index is 0.0410. The zero-order chi connectivity index (χ0) is 15.7. The van der Waals surface area contributed by atoms with Crippen molar-refractivity contribution in [1.82, 2.24) is 0 Å². The predicted molar refractivity (Wildman–Crippen MR) is 87.6 cm³/mol. The normalized spacial score (nSPS) is 16.0. The molecule has 0 fully saturated rings. The summed E-state index contributed by atoms with van der Waals surface area (Å²) in [6, 6.07) is 15.1. The van der Waals surface area contributed by atoms with E-state index in [0.717, 1.165) is 16.7 Å². The van der Waals surface area contributed by atoms with Crippen LogP contribution >= 0.6 is 0 Å². The first kappa shape index (κ1) is 14.5. The van der Waals surface area contributed by atoms with Gasteiger partial charge < -0.3 is 4.74 Å². The molecule has 0 aromatic heterocycles. The van der Waals surface area contributed by atoms with Crippen molar-refractivity contribution in [2.45, 2.75) is 26.3 Å². The molecule has 0 spiro atoms. The average Bonchev–Trinajstić information content (AvgIpc) is 2.87. The first-order valence-corrected chi connectivity index (χ1v) is 7.40. The molecule has 1 aliphatic rings. The molecule has 22 heavy (non-hydrogen) atoms. The van der Waals surface area contributed by atoms with Gasteiger partial charge in [0.05, 0.1) is 5.54 Å². The van der Waals surface area contributed by atoms with Crippen molar-refractivity contribution in [3.8, 4) is 0 Å². The highest BCUT2D eigenvalue weighted by Gasteiger charge is 2.27. The van der Waals surface area contributed by atoms with Crippen molar-refractivity contribution in [1.29, 1.82) is 0 Å². The number of benzene rings is 2. The summed E-state index contributed by atoms with van der Waals surface area (Å²) < 4.78 is 5.62. The molecule has 0 bridgehead atoms. The lowest BCUT2D eigenvalue weighted by Gasteiger charge is -2.07. The summed E-state index contributed by atoms with van der Waals surface area (Å²) in [6.45, 7) is 6.61. The largest absolute Gasteiger partial charge is 0.475 e. The molecule has 112 valence electrons. The quantitative estimate of drug-likeness (QED) is 0.808. The first-order valence-electron chi connectivity index (χ1n) is 7.40. The third-order valence-electron chi connectivity index (χ3n) is 3.75. The number of rotatable bonds is 3. The Balaban J connectivity index is 1.86. The van der Waals surface area contributed by atoms with Crippen molar-refractivity contribution in [3.63, 3.8) is 0 Å². The lowest BCUT2D eigenvalue weighted by Crippen LogP contribution is -2.17. The van der Waals surface area contributed by atoms with Gasteiger partial charge in [-0.3, -0.25) is 4.79 Å². The smallest absolute Gasteiger partial charge is 0.216 e. The van der Waals surface area contributed by atoms with E-state index in [0.29, 0.717) is 18.1 Å². The molecule has 2 aromatic carbocycles. The highest BCUT2D eigenvalue weighted by Crippen LogP contribution is 2.21. The van der Waals surface area contributed by atoms with Crippen LogP contribution < -0.4 is 0 Å². The molecule has 3 nitrogen and oxygen atoms in total. The third-order valence-corrected chi connectivity index (χ3v) is 3.75. The molecule has 2 aromatic rings. The average molecular weight is 293 g/mol. The van der Waals surface area contributed by atoms with Gasteiger partial charge in [-0.15, -0.1) is 0 Å². The second kappa shape index (κ2) is 5.41. The Kier molecular flexibility index (Phi) is 3.57. The molecule has 1 heterocycles. The second-order valence-corrected chi connectivity index (χ2v) is 6.24. The number of nitrogens with zero attached hydrogens (tertiary/aromatic N) is 1. The van der Waals surface area contributed by atoms with Crippen LogP contribution in [0.2, 0.25) is 0 Å². The molecule has 0 unspecified atom stereocenters. The van der Waals surface area contributed by atoms with Crippen LogP contribution in [-0.2, 0) is 4.74 Å². The Hall–Kier alpha value is -2.42. The molecule has 0 N–H and O–H groups in total. The van der Waals surface area contributed by atoms with Gasteiger partial charge >= 0.3 is 0 Å². The number of hydrogen-bond acceptors (Lipinski definition) is 3. The fourth-order valence-electron chi connectivity index (χ4n) is 2.48. The fraction of sp³-hybridized carbons (Fsp3) is 0.263. The van der Waals surface area contributed by atoms with Gasteiger partial charge in [0.2, 0.25) is 5.90 Å². The molecule has 0 amide bonds. The molecule has 0 saturated carbocycles. The van der Waals surface area contributed by atoms with Crippen molar-refractivity contribution >= 4 is 11.7 Å². The van der Waals surface area contributed by atoms with Gasteiger partial charge in [0.15, 0.2) is 5.78 Å². The van der Waals surface area contributed by atoms with Gasteiger partial charge in [0.25, 0.3) is 0 Å². The molecule has 1 aliphatic heterocycles. The summed E-state index contributed by atoms with van der Waals surface area (Å²) in [5.74, 6) is 0.694. The summed E-state index contributed by atoms with van der Waals surface area (Å²) in [5, 5.41) is 0. The maximum absolute atomic E-state index is 12.5. The highest BCUT2D eigenvalue weighted by molar-refractivity contribution is 6.10. The molecule has 0 saturated heterocycles. The van der Waals surface area contributed by atoms with Crippen molar-refractivity contribution < 1.29 is 9.53 Å². The van der Waals surface area contributed by atoms with E-state index in [1.54, 1.807) is 0 Å². The lowest BCUT2D eigenvalue weighted by atomic mass is 9.98. The fourth-order valence-corrected chi connectivity index (χ4v) is 2.48. The van der Waals surface area contributed by atoms with Crippen molar-refractivity contribution in [3.05, 3.63) is 70.8 Å². The number of ether oxygens (including phenoxy) is 1. The predicted octanol–water partition coefficient (Wildman–Crippen LogP) is 3.78. The summed E-state index contributed by atoms with van der Waals surface area (Å²) in [4.78, 5) is 17.1. The zero-order valence-corrected chi connectivity index (χ0v) is 13.1. The van der Waals surface area contributed by atoms with E-state index in [-0.39, 0.29) is 11.3 Å². The van der Waals surface area contributed by atoms with Crippen LogP contribution in [0.15, 0.2) is 53.5 Å². The molecular weight excluding hydrogens is 274 g/mol. The molecule has 3 rings (SSSR count). The standard InChI is InChI=1S/C19H19NO2/c1-13-6-4-5-7-16(13)17(21)14-8-10-15(11-9-14)18-20-19(2,3)12-22-18/h4-11H,12H2,1-3H3. The van der Waals surface area contributed by atoms with Crippen LogP contribution in [0.3, 0.4) is 0 Å². The maximum atomic E-state index is 12.5. The van der Waals surface area contributed by atoms with Gasteiger partial charge in [-0.05, 0) is 38.5 Å². The number of hydrogen-bond donors (Lipinski definition) is 0. The SMILES string of the molecule is Cc1ccccc1C(=O)c1ccc(C2=NC(C)(C)CO2)cc1. The first-order chi connectivity index (χ1) is 10.5. The van der Waals surface area contributed by atoms with Crippen LogP contribution in [0, 0.1) is 6.92 Å². The van der Waals surface area contributed by atoms with Gasteiger partial charge in [-0.25, -0.2) is 4.99 Å². The van der Waals surface area contributed by atoms with Crippen LogP contribution in [0.1, 0.15) is 40.9 Å². The van der Waals surface area contributed by atoms with E-state index in [9.17, 15) is 4.79 Å². The van der Waals surface area contributed by atoms with Crippen LogP contribution in [0.25, 0.3) is 0 Å². The molecule has 0 radical (unpaired) electrons. The van der Waals surface area contributed by atoms with Gasteiger partial charge in [-0.2, -0.15) is 0 Å². The summed E-state index contributed by atoms with van der Waals surface area (Å²) in [7, 11) is 0. The Morgan fingerprint density at radius 3 is 2.36 bits per heavy atom. The van der Waals surface area contributed by atoms with Gasteiger partial charge in [0.1, 0.15) is 6.61 Å². The Bertz CT molecular complexity index is 742. The van der Waals surface area contributed by atoms with E-state index >= 15 is 0 Å². The van der Waals surface area contributed by atoms with Crippen molar-refractivity contribution in [2.24, 2.45) is 4.99 Å². The number of ketones is 1. The van der Waals surface area contributed by atoms with E-state index in [2.05, 4.69) is 4.99 Å². The van der Waals surface area contributed by atoms with E-state index in [1.165, 1.54) is 0 Å². The molecule has 0 atom stereocenters. The summed E-state index contributed by atoms with van der Waals surface area (Å²) >= 11 is 0. The second-order valence-electron chi connectivity index (χ2n) is 6.24. The third kappa shape index (κ3) is 2.80. The monoisotopic (exact) mass is 293 g/mol. The van der Waals surface area contributed by atoms with Crippen LogP contribution in [0.4, 0.5) is 0 Å². The number of aryl methyl sites for hydroxylation is 1. The van der Waals surface area contributed by atoms with Gasteiger partial charge in [-0.1, -0.05) is 36.4 Å². The maximum Gasteiger partial charge on any atom is 0.216 e. The molecular formula is C19H19NO2. The van der Waals surface area contributed by atoms with Crippen molar-refractivity contribution in [2.75, 3.05) is 6.61 Å². The molecule has 3 heteroatoms. The lowest BCUT2D eigenvalue weighted by molar-refractivity contribution is 0.103. The Morgan fingerprint density at radius 1 is 1.09 bits per heavy atom. The van der Waals surface area contributed by atoms with E-state index in [4.69, 9.17) is 4.74 Å². The number of carbonyl (C=O) groups is 1. The number of carbonyl (C=O) groups excluding carboxylic acids is 1. The van der Waals surface area contributed by atoms with Crippen LogP contribution in [0.5, 0.6) is 0 Å². The number of aliphatic imine (C=N–C) groups is 1. The zero-order valence-electron chi connectivity index (χ0n) is 13.1. The van der Waals surface area contributed by atoms with E-state index < -0.39 is 0 Å². The van der Waals surface area contributed by atoms with E-state index in [1.807, 2.05) is 69.3 Å². The topological polar surface area (TPSA) is 38.7 Å². The Labute approximate surface area is 130 Å². The van der Waals surface area contributed by atoms with Crippen LogP contribution in [-0.4, -0.2) is 23.8 Å². The summed E-state index contributed by atoms with van der Waals surface area (Å²) in [6.07, 6.45) is 0. The highest BCUT2D eigenvalue weighted by atomic mass is 16.5.